The summed E-state index contributed by atoms with van der Waals surface area (Å²) >= 11 is 1.54. The second-order valence-corrected chi connectivity index (χ2v) is 7.12. The Morgan fingerprint density at radius 3 is 2.92 bits per heavy atom. The molecule has 7 nitrogen and oxygen atoms in total. The first-order chi connectivity index (χ1) is 11.7. The van der Waals surface area contributed by atoms with Crippen molar-refractivity contribution >= 4 is 16.3 Å². The molecule has 4 heterocycles. The molecule has 4 aromatic rings. The van der Waals surface area contributed by atoms with Crippen LogP contribution in [0.25, 0.3) is 15.7 Å². The first-order valence-electron chi connectivity index (χ1n) is 7.84. The molecule has 1 saturated carbocycles. The lowest BCUT2D eigenvalue weighted by Gasteiger charge is -1.96. The molecule has 0 saturated heterocycles. The van der Waals surface area contributed by atoms with Crippen LogP contribution >= 0.6 is 11.3 Å². The average molecular weight is 337 g/mol. The summed E-state index contributed by atoms with van der Waals surface area (Å²) in [7, 11) is 1.97. The normalized spacial score (nSPS) is 19.9. The zero-order chi connectivity index (χ0) is 16.3. The molecule has 24 heavy (non-hydrogen) atoms. The highest BCUT2D eigenvalue weighted by Gasteiger charge is 2.41. The molecular formula is C16H15N7S. The Morgan fingerprint density at radius 1 is 1.21 bits per heavy atom. The highest BCUT2D eigenvalue weighted by molar-refractivity contribution is 7.19. The van der Waals surface area contributed by atoms with Gasteiger partial charge in [-0.15, -0.1) is 10.2 Å². The van der Waals surface area contributed by atoms with Gasteiger partial charge in [0.15, 0.2) is 10.8 Å². The molecule has 8 heteroatoms. The Labute approximate surface area is 142 Å². The average Bonchev–Trinajstić information content (AvgIpc) is 2.94. The van der Waals surface area contributed by atoms with Crippen LogP contribution in [0.4, 0.5) is 0 Å². The number of hydrogen-bond donors (Lipinski definition) is 0. The molecule has 0 amide bonds. The first kappa shape index (κ1) is 13.8. The van der Waals surface area contributed by atoms with E-state index in [0.717, 1.165) is 33.6 Å². The van der Waals surface area contributed by atoms with E-state index in [2.05, 4.69) is 32.4 Å². The topological polar surface area (TPSA) is 73.8 Å². The van der Waals surface area contributed by atoms with Crippen LogP contribution in [0.15, 0.2) is 30.6 Å². The van der Waals surface area contributed by atoms with Gasteiger partial charge >= 0.3 is 0 Å². The summed E-state index contributed by atoms with van der Waals surface area (Å²) in [6.07, 6.45) is 4.90. The Balaban J connectivity index is 1.47. The molecule has 1 aliphatic carbocycles. The number of pyridine rings is 1. The van der Waals surface area contributed by atoms with E-state index in [-0.39, 0.29) is 0 Å². The number of hydrogen-bond acceptors (Lipinski definition) is 6. The number of fused-ring (bicyclic) bond motifs is 1. The number of rotatable bonds is 3. The predicted molar refractivity (Wildman–Crippen MR) is 89.9 cm³/mol. The maximum Gasteiger partial charge on any atom is 0.235 e. The maximum absolute atomic E-state index is 4.72. The fraction of sp³-hybridized carbons (Fsp3) is 0.312. The number of aryl methyl sites for hydroxylation is 2. The molecule has 0 aliphatic heterocycles. The van der Waals surface area contributed by atoms with E-state index < -0.39 is 0 Å². The zero-order valence-corrected chi connectivity index (χ0v) is 14.1. The van der Waals surface area contributed by atoms with Gasteiger partial charge in [-0.05, 0) is 37.0 Å². The van der Waals surface area contributed by atoms with Crippen molar-refractivity contribution in [2.45, 2.75) is 25.2 Å². The van der Waals surface area contributed by atoms with Crippen molar-refractivity contribution < 1.29 is 0 Å². The quantitative estimate of drug-likeness (QED) is 0.574. The van der Waals surface area contributed by atoms with Crippen LogP contribution in [0, 0.1) is 6.92 Å². The van der Waals surface area contributed by atoms with Gasteiger partial charge in [-0.3, -0.25) is 9.67 Å². The monoisotopic (exact) mass is 337 g/mol. The molecule has 2 atom stereocenters. The molecular weight excluding hydrogens is 322 g/mol. The lowest BCUT2D eigenvalue weighted by Crippen LogP contribution is -1.95. The molecule has 0 aromatic carbocycles. The minimum atomic E-state index is 0.474. The molecule has 1 fully saturated rings. The van der Waals surface area contributed by atoms with E-state index in [1.54, 1.807) is 4.52 Å². The summed E-state index contributed by atoms with van der Waals surface area (Å²) in [6, 6.07) is 6.30. The Bertz CT molecular complexity index is 1030. The van der Waals surface area contributed by atoms with Gasteiger partial charge in [-0.25, -0.2) is 0 Å². The van der Waals surface area contributed by atoms with Crippen molar-refractivity contribution in [1.29, 1.82) is 0 Å². The van der Waals surface area contributed by atoms with Crippen LogP contribution in [0.1, 0.15) is 35.3 Å². The molecule has 5 rings (SSSR count). The van der Waals surface area contributed by atoms with E-state index >= 15 is 0 Å². The smallest absolute Gasteiger partial charge is 0.235 e. The minimum absolute atomic E-state index is 0.474. The lowest BCUT2D eigenvalue weighted by atomic mass is 10.1. The summed E-state index contributed by atoms with van der Waals surface area (Å²) < 4.78 is 3.69. The van der Waals surface area contributed by atoms with Crippen molar-refractivity contribution in [2.75, 3.05) is 0 Å². The lowest BCUT2D eigenvalue weighted by molar-refractivity contribution is 0.744. The van der Waals surface area contributed by atoms with Crippen LogP contribution in [-0.2, 0) is 7.05 Å². The van der Waals surface area contributed by atoms with E-state index in [0.29, 0.717) is 11.8 Å². The van der Waals surface area contributed by atoms with E-state index in [9.17, 15) is 0 Å². The zero-order valence-electron chi connectivity index (χ0n) is 13.3. The van der Waals surface area contributed by atoms with Gasteiger partial charge < -0.3 is 0 Å². The molecule has 120 valence electrons. The second-order valence-electron chi connectivity index (χ2n) is 6.16. The summed E-state index contributed by atoms with van der Waals surface area (Å²) in [5, 5.41) is 18.4. The molecule has 0 N–H and O–H groups in total. The fourth-order valence-electron chi connectivity index (χ4n) is 3.17. The van der Waals surface area contributed by atoms with E-state index in [1.807, 2.05) is 37.1 Å². The van der Waals surface area contributed by atoms with Gasteiger partial charge in [0.1, 0.15) is 0 Å². The van der Waals surface area contributed by atoms with Crippen LogP contribution in [0.5, 0.6) is 0 Å². The van der Waals surface area contributed by atoms with Gasteiger partial charge in [0.25, 0.3) is 0 Å². The van der Waals surface area contributed by atoms with Gasteiger partial charge in [-0.1, -0.05) is 17.4 Å². The van der Waals surface area contributed by atoms with Crippen molar-refractivity contribution in [3.63, 3.8) is 0 Å². The summed E-state index contributed by atoms with van der Waals surface area (Å²) in [4.78, 5) is 5.03. The molecule has 0 bridgehead atoms. The molecule has 0 unspecified atom stereocenters. The molecule has 1 aliphatic rings. The summed E-state index contributed by atoms with van der Waals surface area (Å²) in [5.74, 6) is 1.80. The molecule has 0 spiro atoms. The first-order valence-corrected chi connectivity index (χ1v) is 8.65. The number of nitrogens with zero attached hydrogens (tertiary/aromatic N) is 7. The highest BCUT2D eigenvalue weighted by atomic mass is 32.1. The molecule has 4 aromatic heterocycles. The second kappa shape index (κ2) is 4.94. The summed E-state index contributed by atoms with van der Waals surface area (Å²) in [5.41, 5.74) is 3.45. The maximum atomic E-state index is 4.72. The van der Waals surface area contributed by atoms with Gasteiger partial charge in [0, 0.05) is 25.4 Å². The van der Waals surface area contributed by atoms with E-state index in [1.165, 1.54) is 16.9 Å². The Hall–Kier alpha value is -2.61. The third-order valence-corrected chi connectivity index (χ3v) is 5.47. The minimum Gasteiger partial charge on any atom is -0.265 e. The highest BCUT2D eigenvalue weighted by Crippen LogP contribution is 2.54. The van der Waals surface area contributed by atoms with Crippen LogP contribution in [-0.4, -0.2) is 34.6 Å². The van der Waals surface area contributed by atoms with Gasteiger partial charge in [0.2, 0.25) is 4.96 Å². The van der Waals surface area contributed by atoms with Crippen LogP contribution < -0.4 is 0 Å². The third-order valence-electron chi connectivity index (χ3n) is 4.55. The van der Waals surface area contributed by atoms with Crippen molar-refractivity contribution in [2.24, 2.45) is 7.05 Å². The van der Waals surface area contributed by atoms with Crippen molar-refractivity contribution in [3.05, 3.63) is 47.7 Å². The van der Waals surface area contributed by atoms with Crippen LogP contribution in [0.2, 0.25) is 0 Å². The Morgan fingerprint density at radius 2 is 2.12 bits per heavy atom. The molecule has 0 radical (unpaired) electrons. The van der Waals surface area contributed by atoms with Crippen LogP contribution in [0.3, 0.4) is 0 Å². The fourth-order valence-corrected chi connectivity index (χ4v) is 4.11. The summed E-state index contributed by atoms with van der Waals surface area (Å²) in [6.45, 7) is 1.90. The van der Waals surface area contributed by atoms with Crippen molar-refractivity contribution in [1.82, 2.24) is 34.6 Å². The SMILES string of the molecule is Cc1nnc2sc(-c3cc([C@H]4C[C@@H]4c4cccnc4)nn3C)nn12. The largest absolute Gasteiger partial charge is 0.265 e. The third kappa shape index (κ3) is 2.06. The van der Waals surface area contributed by atoms with E-state index in [4.69, 9.17) is 5.10 Å². The number of aromatic nitrogens is 7. The van der Waals surface area contributed by atoms with Crippen molar-refractivity contribution in [3.8, 4) is 10.7 Å². The standard InChI is InChI=1S/C16H15N7S/c1-9-18-19-16-23(9)21-15(24-16)14-7-13(20-22(14)2)12-6-11(12)10-4-3-5-17-8-10/h3-5,7-8,11-12H,6H2,1-2H3/t11-,12+/m1/s1. The Kier molecular flexibility index (Phi) is 2.84. The predicted octanol–water partition coefficient (Wildman–Crippen LogP) is 2.56. The van der Waals surface area contributed by atoms with Gasteiger partial charge in [-0.2, -0.15) is 14.7 Å². The van der Waals surface area contributed by atoms with Gasteiger partial charge in [0.05, 0.1) is 11.4 Å².